The van der Waals surface area contributed by atoms with Gasteiger partial charge in [-0.1, -0.05) is 18.2 Å². The molecule has 0 unspecified atom stereocenters. The zero-order chi connectivity index (χ0) is 24.0. The Morgan fingerprint density at radius 1 is 1.00 bits per heavy atom. The fourth-order valence-corrected chi connectivity index (χ4v) is 3.14. The van der Waals surface area contributed by atoms with Crippen LogP contribution < -0.4 is 14.8 Å². The highest BCUT2D eigenvalue weighted by atomic mass is 16.5. The van der Waals surface area contributed by atoms with Gasteiger partial charge >= 0.3 is 0 Å². The molecular weight excluding hydrogens is 422 g/mol. The summed E-state index contributed by atoms with van der Waals surface area (Å²) in [6, 6.07) is 14.4. The molecule has 0 heterocycles. The van der Waals surface area contributed by atoms with E-state index in [-0.39, 0.29) is 23.0 Å². The third kappa shape index (κ3) is 5.92. The number of ketones is 1. The predicted molar refractivity (Wildman–Crippen MR) is 126 cm³/mol. The largest absolute Gasteiger partial charge is 0.508 e. The molecule has 3 rings (SSSR count). The molecule has 0 saturated carbocycles. The maximum atomic E-state index is 12.4. The number of benzene rings is 3. The minimum Gasteiger partial charge on any atom is -0.508 e. The summed E-state index contributed by atoms with van der Waals surface area (Å²) in [4.78, 5) is 23.8. The van der Waals surface area contributed by atoms with Crippen molar-refractivity contribution in [1.29, 1.82) is 0 Å². The second-order valence-corrected chi connectivity index (χ2v) is 7.25. The molecule has 0 aliphatic heterocycles. The number of ether oxygens (including phenoxy) is 2. The van der Waals surface area contributed by atoms with Crippen molar-refractivity contribution in [2.24, 2.45) is 0 Å². The van der Waals surface area contributed by atoms with Gasteiger partial charge in [-0.2, -0.15) is 0 Å². The summed E-state index contributed by atoms with van der Waals surface area (Å²) in [5.74, 6) is 0.558. The number of carbonyl (C=O) groups is 2. The zero-order valence-electron chi connectivity index (χ0n) is 18.6. The number of nitrogens with one attached hydrogen (secondary N) is 1. The highest BCUT2D eigenvalue weighted by Gasteiger charge is 2.12. The van der Waals surface area contributed by atoms with E-state index < -0.39 is 5.78 Å². The Hall–Kier alpha value is -4.26. The van der Waals surface area contributed by atoms with Gasteiger partial charge in [-0.3, -0.25) is 9.59 Å². The number of rotatable bonds is 8. The van der Waals surface area contributed by atoms with E-state index in [2.05, 4.69) is 5.32 Å². The van der Waals surface area contributed by atoms with Crippen LogP contribution in [0.15, 0.2) is 60.7 Å². The summed E-state index contributed by atoms with van der Waals surface area (Å²) in [5.41, 5.74) is 2.22. The Kier molecular flexibility index (Phi) is 7.35. The van der Waals surface area contributed by atoms with Gasteiger partial charge in [-0.25, -0.2) is 0 Å². The highest BCUT2D eigenvalue weighted by molar-refractivity contribution is 6.08. The van der Waals surface area contributed by atoms with Gasteiger partial charge in [0.25, 0.3) is 0 Å². The van der Waals surface area contributed by atoms with Crippen molar-refractivity contribution in [2.75, 3.05) is 11.9 Å². The molecule has 3 aromatic carbocycles. The molecule has 33 heavy (non-hydrogen) atoms. The molecule has 0 aliphatic rings. The molecule has 7 nitrogen and oxygen atoms in total. The van der Waals surface area contributed by atoms with Gasteiger partial charge in [-0.15, -0.1) is 0 Å². The molecule has 0 spiro atoms. The van der Waals surface area contributed by atoms with Crippen molar-refractivity contribution < 1.29 is 29.3 Å². The molecule has 0 atom stereocenters. The topological polar surface area (TPSA) is 105 Å². The van der Waals surface area contributed by atoms with Crippen molar-refractivity contribution in [2.45, 2.75) is 20.8 Å². The number of amides is 1. The second-order valence-electron chi connectivity index (χ2n) is 7.25. The van der Waals surface area contributed by atoms with Crippen LogP contribution >= 0.6 is 0 Å². The lowest BCUT2D eigenvalue weighted by atomic mass is 10.1. The number of carbonyl (C=O) groups excluding carboxylic acids is 2. The van der Waals surface area contributed by atoms with Crippen LogP contribution in [0.1, 0.15) is 35.3 Å². The molecule has 0 saturated heterocycles. The highest BCUT2D eigenvalue weighted by Crippen LogP contribution is 2.36. The number of hydrogen-bond donors (Lipinski definition) is 3. The van der Waals surface area contributed by atoms with Crippen molar-refractivity contribution in [3.63, 3.8) is 0 Å². The Bertz CT molecular complexity index is 1220. The van der Waals surface area contributed by atoms with Crippen LogP contribution in [0.4, 0.5) is 5.69 Å². The van der Waals surface area contributed by atoms with Crippen LogP contribution in [0, 0.1) is 6.92 Å². The number of phenolic OH excluding ortho intramolecular Hbond substituents is 2. The number of aromatic hydroxyl groups is 2. The van der Waals surface area contributed by atoms with Crippen LogP contribution in [0.3, 0.4) is 0 Å². The predicted octanol–water partition coefficient (Wildman–Crippen LogP) is 5.45. The summed E-state index contributed by atoms with van der Waals surface area (Å²) in [6.45, 7) is 5.56. The Labute approximate surface area is 191 Å². The van der Waals surface area contributed by atoms with Crippen LogP contribution in [0.2, 0.25) is 0 Å². The first kappa shape index (κ1) is 23.4. The molecule has 3 aromatic rings. The third-order valence-corrected chi connectivity index (χ3v) is 4.76. The normalized spacial score (nSPS) is 10.8. The minimum atomic E-state index is -0.406. The molecule has 0 fully saturated rings. The molecule has 0 aromatic heterocycles. The smallest absolute Gasteiger partial charge is 0.221 e. The number of anilines is 1. The monoisotopic (exact) mass is 447 g/mol. The fraction of sp³-hybridized carbons (Fsp3) is 0.154. The molecule has 7 heteroatoms. The van der Waals surface area contributed by atoms with Crippen LogP contribution in [-0.2, 0) is 4.79 Å². The van der Waals surface area contributed by atoms with Crippen molar-refractivity contribution in [1.82, 2.24) is 0 Å². The lowest BCUT2D eigenvalue weighted by Crippen LogP contribution is -2.07. The molecule has 1 amide bonds. The minimum absolute atomic E-state index is 0.0866. The summed E-state index contributed by atoms with van der Waals surface area (Å²) in [5, 5.41) is 22.0. The fourth-order valence-electron chi connectivity index (χ4n) is 3.14. The van der Waals surface area contributed by atoms with Crippen molar-refractivity contribution in [3.05, 3.63) is 77.4 Å². The number of phenols is 2. The number of hydrogen-bond acceptors (Lipinski definition) is 6. The van der Waals surface area contributed by atoms with E-state index in [9.17, 15) is 19.8 Å². The second kappa shape index (κ2) is 10.4. The quantitative estimate of drug-likeness (QED) is 0.313. The van der Waals surface area contributed by atoms with Crippen molar-refractivity contribution in [3.8, 4) is 28.7 Å². The first-order valence-electron chi connectivity index (χ1n) is 10.3. The van der Waals surface area contributed by atoms with E-state index >= 15 is 0 Å². The van der Waals surface area contributed by atoms with Gasteiger partial charge in [-0.05, 0) is 61.9 Å². The lowest BCUT2D eigenvalue weighted by Gasteiger charge is -2.15. The maximum absolute atomic E-state index is 12.4. The summed E-state index contributed by atoms with van der Waals surface area (Å²) in [7, 11) is 0. The van der Waals surface area contributed by atoms with E-state index in [4.69, 9.17) is 9.47 Å². The standard InChI is InChI=1S/C26H25NO6/c1-4-32-26-14-18(8-12-22(30)20-11-10-19(29)15-23(20)31)9-13-25(26)33-24-7-5-6-21(16(24)2)27-17(3)28/h5-15,29,31H,4H2,1-3H3,(H,27,28)/b12-8+. The van der Waals surface area contributed by atoms with Crippen LogP contribution in [0.25, 0.3) is 6.08 Å². The van der Waals surface area contributed by atoms with Crippen LogP contribution in [-0.4, -0.2) is 28.5 Å². The molecular formula is C26H25NO6. The van der Waals surface area contributed by atoms with E-state index in [1.165, 1.54) is 25.1 Å². The molecule has 0 aliphatic carbocycles. The Balaban J connectivity index is 1.84. The summed E-state index contributed by atoms with van der Waals surface area (Å²) < 4.78 is 11.8. The first-order valence-corrected chi connectivity index (χ1v) is 10.3. The first-order chi connectivity index (χ1) is 15.8. The van der Waals surface area contributed by atoms with Gasteiger partial charge < -0.3 is 25.0 Å². The zero-order valence-corrected chi connectivity index (χ0v) is 18.6. The summed E-state index contributed by atoms with van der Waals surface area (Å²) >= 11 is 0. The molecule has 0 radical (unpaired) electrons. The number of allylic oxidation sites excluding steroid dienone is 1. The van der Waals surface area contributed by atoms with Gasteiger partial charge in [0.05, 0.1) is 12.2 Å². The Morgan fingerprint density at radius 2 is 1.79 bits per heavy atom. The molecule has 170 valence electrons. The average molecular weight is 447 g/mol. The molecule has 3 N–H and O–H groups in total. The van der Waals surface area contributed by atoms with Gasteiger partial charge in [0, 0.05) is 24.2 Å². The van der Waals surface area contributed by atoms with Gasteiger partial charge in [0.15, 0.2) is 17.3 Å². The molecule has 0 bridgehead atoms. The van der Waals surface area contributed by atoms with Crippen molar-refractivity contribution >= 4 is 23.5 Å². The lowest BCUT2D eigenvalue weighted by molar-refractivity contribution is -0.114. The Morgan fingerprint density at radius 3 is 2.48 bits per heavy atom. The van der Waals surface area contributed by atoms with Gasteiger partial charge in [0.1, 0.15) is 17.2 Å². The summed E-state index contributed by atoms with van der Waals surface area (Å²) in [6.07, 6.45) is 2.93. The SMILES string of the molecule is CCOc1cc(/C=C/C(=O)c2ccc(O)cc2O)ccc1Oc1cccc(NC(C)=O)c1C. The van der Waals surface area contributed by atoms with E-state index in [0.717, 1.165) is 11.6 Å². The van der Waals surface area contributed by atoms with Gasteiger partial charge in [0.2, 0.25) is 5.91 Å². The third-order valence-electron chi connectivity index (χ3n) is 4.76. The maximum Gasteiger partial charge on any atom is 0.221 e. The van der Waals surface area contributed by atoms with Crippen LogP contribution in [0.5, 0.6) is 28.7 Å². The van der Waals surface area contributed by atoms with E-state index in [1.807, 2.05) is 13.8 Å². The van der Waals surface area contributed by atoms with E-state index in [1.54, 1.807) is 42.5 Å². The average Bonchev–Trinajstić information content (AvgIpc) is 2.76. The van der Waals surface area contributed by atoms with E-state index in [0.29, 0.717) is 35.1 Å².